The van der Waals surface area contributed by atoms with Crippen LogP contribution >= 0.6 is 0 Å². The van der Waals surface area contributed by atoms with Gasteiger partial charge in [0, 0.05) is 18.2 Å². The second-order valence-electron chi connectivity index (χ2n) is 8.67. The maximum atomic E-state index is 13.2. The van der Waals surface area contributed by atoms with Gasteiger partial charge in [-0.15, -0.1) is 0 Å². The van der Waals surface area contributed by atoms with E-state index in [9.17, 15) is 9.59 Å². The minimum atomic E-state index is -0.916. The average Bonchev–Trinajstić information content (AvgIpc) is 3.33. The molecule has 0 aliphatic heterocycles. The van der Waals surface area contributed by atoms with Crippen molar-refractivity contribution in [2.75, 3.05) is 0 Å². The molecular formula is C26H27N5O3. The van der Waals surface area contributed by atoms with Gasteiger partial charge in [0.25, 0.3) is 17.2 Å². The number of hydrogen-bond donors (Lipinski definition) is 2. The maximum Gasteiger partial charge on any atom is 0.274 e. The van der Waals surface area contributed by atoms with Gasteiger partial charge in [-0.05, 0) is 18.4 Å². The number of hydrogen-bond acceptors (Lipinski definition) is 5. The van der Waals surface area contributed by atoms with E-state index in [-0.39, 0.29) is 23.9 Å². The average molecular weight is 458 g/mol. The molecule has 0 atom stereocenters. The molecule has 34 heavy (non-hydrogen) atoms. The van der Waals surface area contributed by atoms with Gasteiger partial charge in [0.15, 0.2) is 5.82 Å². The molecule has 1 saturated carbocycles. The van der Waals surface area contributed by atoms with Crippen LogP contribution in [0.2, 0.25) is 0 Å². The first-order chi connectivity index (χ1) is 16.6. The summed E-state index contributed by atoms with van der Waals surface area (Å²) < 4.78 is 7.56. The molecule has 174 valence electrons. The number of rotatable bonds is 7. The lowest BCUT2D eigenvalue weighted by atomic mass is 9.83. The van der Waals surface area contributed by atoms with Crippen LogP contribution in [0.1, 0.15) is 43.4 Å². The van der Waals surface area contributed by atoms with Gasteiger partial charge in [-0.1, -0.05) is 79.9 Å². The molecule has 2 heterocycles. The predicted molar refractivity (Wildman–Crippen MR) is 128 cm³/mol. The lowest BCUT2D eigenvalue weighted by Gasteiger charge is -2.35. The molecule has 0 unspecified atom stereocenters. The van der Waals surface area contributed by atoms with E-state index in [0.29, 0.717) is 30.9 Å². The summed E-state index contributed by atoms with van der Waals surface area (Å²) in [6.07, 6.45) is 4.23. The zero-order valence-corrected chi connectivity index (χ0v) is 18.9. The molecule has 1 amide bonds. The SMILES string of the molecule is O=C(NCc1ccccc1)C1(OCc2cc(=O)n3[nH]c(-c4ccccc4)nc3n2)CCCCC1. The minimum absolute atomic E-state index is 0.0675. The third kappa shape index (κ3) is 4.63. The minimum Gasteiger partial charge on any atom is -0.359 e. The van der Waals surface area contributed by atoms with Crippen LogP contribution in [0.3, 0.4) is 0 Å². The zero-order valence-electron chi connectivity index (χ0n) is 18.9. The monoisotopic (exact) mass is 457 g/mol. The predicted octanol–water partition coefficient (Wildman–Crippen LogP) is 3.62. The maximum absolute atomic E-state index is 13.2. The topological polar surface area (TPSA) is 101 Å². The van der Waals surface area contributed by atoms with Crippen molar-refractivity contribution in [2.45, 2.75) is 50.9 Å². The fraction of sp³-hybridized carbons (Fsp3) is 0.308. The van der Waals surface area contributed by atoms with Crippen molar-refractivity contribution < 1.29 is 9.53 Å². The van der Waals surface area contributed by atoms with Gasteiger partial charge in [-0.25, -0.2) is 4.98 Å². The molecule has 0 radical (unpaired) electrons. The molecule has 8 heteroatoms. The first-order valence-corrected chi connectivity index (χ1v) is 11.6. The van der Waals surface area contributed by atoms with Gasteiger partial charge in [0.05, 0.1) is 12.3 Å². The number of carbonyl (C=O) groups is 1. The molecule has 8 nitrogen and oxygen atoms in total. The number of nitrogens with one attached hydrogen (secondary N) is 2. The molecule has 2 aromatic carbocycles. The van der Waals surface area contributed by atoms with Crippen molar-refractivity contribution in [3.8, 4) is 11.4 Å². The van der Waals surface area contributed by atoms with E-state index in [0.717, 1.165) is 30.4 Å². The summed E-state index contributed by atoms with van der Waals surface area (Å²) in [6.45, 7) is 0.518. The molecule has 2 aromatic heterocycles. The molecular weight excluding hydrogens is 430 g/mol. The Morgan fingerprint density at radius 1 is 1.00 bits per heavy atom. The number of ether oxygens (including phenoxy) is 1. The smallest absolute Gasteiger partial charge is 0.274 e. The van der Waals surface area contributed by atoms with E-state index < -0.39 is 5.60 Å². The van der Waals surface area contributed by atoms with E-state index in [1.807, 2.05) is 60.7 Å². The first-order valence-electron chi connectivity index (χ1n) is 11.6. The van der Waals surface area contributed by atoms with Crippen molar-refractivity contribution >= 4 is 11.7 Å². The van der Waals surface area contributed by atoms with Crippen molar-refractivity contribution in [3.05, 3.63) is 88.3 Å². The zero-order chi connectivity index (χ0) is 23.4. The second-order valence-corrected chi connectivity index (χ2v) is 8.67. The quantitative estimate of drug-likeness (QED) is 0.441. The van der Waals surface area contributed by atoms with E-state index in [1.165, 1.54) is 10.6 Å². The van der Waals surface area contributed by atoms with Crippen molar-refractivity contribution in [1.29, 1.82) is 0 Å². The Labute approximate surface area is 197 Å². The number of carbonyl (C=O) groups excluding carboxylic acids is 1. The van der Waals surface area contributed by atoms with Crippen LogP contribution in [0.25, 0.3) is 17.2 Å². The van der Waals surface area contributed by atoms with Crippen LogP contribution in [-0.4, -0.2) is 31.1 Å². The molecule has 0 saturated heterocycles. The van der Waals surface area contributed by atoms with Crippen LogP contribution in [-0.2, 0) is 22.7 Å². The molecule has 4 aromatic rings. The van der Waals surface area contributed by atoms with Gasteiger partial charge in [-0.2, -0.15) is 9.50 Å². The van der Waals surface area contributed by atoms with Crippen molar-refractivity contribution in [2.24, 2.45) is 0 Å². The summed E-state index contributed by atoms with van der Waals surface area (Å²) in [6, 6.07) is 20.8. The molecule has 1 fully saturated rings. The molecule has 1 aliphatic rings. The Bertz CT molecular complexity index is 1330. The molecule has 2 N–H and O–H groups in total. The fourth-order valence-corrected chi connectivity index (χ4v) is 4.44. The Kier molecular flexibility index (Phi) is 6.22. The van der Waals surface area contributed by atoms with Gasteiger partial charge in [0.1, 0.15) is 5.60 Å². The Morgan fingerprint density at radius 2 is 1.71 bits per heavy atom. The summed E-state index contributed by atoms with van der Waals surface area (Å²) in [5, 5.41) is 6.04. The third-order valence-corrected chi connectivity index (χ3v) is 6.30. The summed E-state index contributed by atoms with van der Waals surface area (Å²) in [4.78, 5) is 34.9. The van der Waals surface area contributed by atoms with Crippen LogP contribution < -0.4 is 10.9 Å². The Hall–Kier alpha value is -3.78. The molecule has 1 aliphatic carbocycles. The van der Waals surface area contributed by atoms with Gasteiger partial charge in [-0.3, -0.25) is 14.7 Å². The number of aromatic nitrogens is 4. The normalized spacial score (nSPS) is 15.3. The highest BCUT2D eigenvalue weighted by Gasteiger charge is 2.40. The summed E-state index contributed by atoms with van der Waals surface area (Å²) >= 11 is 0. The van der Waals surface area contributed by atoms with E-state index in [2.05, 4.69) is 20.4 Å². The highest BCUT2D eigenvalue weighted by atomic mass is 16.5. The molecule has 0 spiro atoms. The second kappa shape index (κ2) is 9.61. The molecule has 0 bridgehead atoms. The molecule has 5 rings (SSSR count). The van der Waals surface area contributed by atoms with Gasteiger partial charge < -0.3 is 10.1 Å². The Morgan fingerprint density at radius 3 is 2.44 bits per heavy atom. The number of H-pyrrole nitrogens is 1. The number of benzene rings is 2. The lowest BCUT2D eigenvalue weighted by molar-refractivity contribution is -0.154. The number of nitrogens with zero attached hydrogens (tertiary/aromatic N) is 3. The standard InChI is InChI=1S/C26H27N5O3/c32-22-16-21(28-25-29-23(30-31(22)25)20-12-6-2-7-13-20)18-34-26(14-8-3-9-15-26)24(33)27-17-19-10-4-1-5-11-19/h1-2,4-7,10-13,16H,3,8-9,14-15,17-18H2,(H,27,33)(H,28,29,30). The van der Waals surface area contributed by atoms with Crippen molar-refractivity contribution in [1.82, 2.24) is 24.9 Å². The summed E-state index contributed by atoms with van der Waals surface area (Å²) in [5.41, 5.74) is 1.17. The van der Waals surface area contributed by atoms with Crippen LogP contribution in [0.5, 0.6) is 0 Å². The van der Waals surface area contributed by atoms with Gasteiger partial charge in [0.2, 0.25) is 0 Å². The third-order valence-electron chi connectivity index (χ3n) is 6.30. The summed E-state index contributed by atoms with van der Waals surface area (Å²) in [7, 11) is 0. The van der Waals surface area contributed by atoms with Crippen LogP contribution in [0.4, 0.5) is 0 Å². The highest BCUT2D eigenvalue weighted by molar-refractivity contribution is 5.85. The number of amides is 1. The fourth-order valence-electron chi connectivity index (χ4n) is 4.44. The van der Waals surface area contributed by atoms with Gasteiger partial charge >= 0.3 is 0 Å². The lowest BCUT2D eigenvalue weighted by Crippen LogP contribution is -2.50. The highest BCUT2D eigenvalue weighted by Crippen LogP contribution is 2.33. The van der Waals surface area contributed by atoms with E-state index in [4.69, 9.17) is 4.74 Å². The van der Waals surface area contributed by atoms with E-state index >= 15 is 0 Å². The first kappa shape index (κ1) is 22.0. The van der Waals surface area contributed by atoms with Crippen LogP contribution in [0, 0.1) is 0 Å². The number of fused-ring (bicyclic) bond motifs is 1. The Balaban J connectivity index is 1.34. The summed E-state index contributed by atoms with van der Waals surface area (Å²) in [5.74, 6) is 0.725. The van der Waals surface area contributed by atoms with E-state index in [1.54, 1.807) is 0 Å². The largest absolute Gasteiger partial charge is 0.359 e. The van der Waals surface area contributed by atoms with Crippen molar-refractivity contribution in [3.63, 3.8) is 0 Å². The van der Waals surface area contributed by atoms with Crippen LogP contribution in [0.15, 0.2) is 71.5 Å². The number of aromatic amines is 1.